The van der Waals surface area contributed by atoms with Crippen molar-refractivity contribution in [2.45, 2.75) is 19.2 Å². The predicted molar refractivity (Wildman–Crippen MR) is 68.8 cm³/mol. The van der Waals surface area contributed by atoms with Crippen molar-refractivity contribution in [1.82, 2.24) is 5.32 Å². The fourth-order valence-electron chi connectivity index (χ4n) is 1.47. The minimum Gasteiger partial charge on any atom is -0.480 e. The summed E-state index contributed by atoms with van der Waals surface area (Å²) in [5.74, 6) is 0.992. The number of rotatable bonds is 5. The highest BCUT2D eigenvalue weighted by Crippen LogP contribution is 2.37. The minimum atomic E-state index is -4.70. The second-order valence-electron chi connectivity index (χ2n) is 4.05. The van der Waals surface area contributed by atoms with Crippen LogP contribution < -0.4 is 10.1 Å². The lowest BCUT2D eigenvalue weighted by atomic mass is 10.1. The molecule has 21 heavy (non-hydrogen) atoms. The molecule has 0 fully saturated rings. The van der Waals surface area contributed by atoms with E-state index in [0.717, 1.165) is 6.07 Å². The predicted octanol–water partition coefficient (Wildman–Crippen LogP) is 2.03. The molecule has 1 N–H and O–H groups in total. The van der Waals surface area contributed by atoms with Gasteiger partial charge in [0.1, 0.15) is 12.0 Å². The molecule has 1 atom stereocenters. The fraction of sp³-hybridized carbons (Fsp3) is 0.286. The lowest BCUT2D eigenvalue weighted by Gasteiger charge is -2.18. The number of hydrogen-bond acceptors (Lipinski definition) is 3. The monoisotopic (exact) mass is 299 g/mol. The maximum absolute atomic E-state index is 12.9. The van der Waals surface area contributed by atoms with Crippen LogP contribution in [0.2, 0.25) is 0 Å². The van der Waals surface area contributed by atoms with Crippen molar-refractivity contribution in [3.05, 3.63) is 29.3 Å². The van der Waals surface area contributed by atoms with Crippen molar-refractivity contribution in [3.63, 3.8) is 0 Å². The number of nitrogens with one attached hydrogen (secondary N) is 1. The smallest absolute Gasteiger partial charge is 0.419 e. The van der Waals surface area contributed by atoms with Gasteiger partial charge in [-0.15, -0.1) is 6.42 Å². The van der Waals surface area contributed by atoms with E-state index in [2.05, 4.69) is 11.2 Å². The molecular formula is C14H12F3NO3. The quantitative estimate of drug-likeness (QED) is 0.668. The van der Waals surface area contributed by atoms with Gasteiger partial charge in [0.05, 0.1) is 12.1 Å². The standard InChI is InChI=1S/C14H12F3NO3/c1-3-6-18-13(20)9(2)21-12-5-4-10(8-19)7-11(12)14(15,16)17/h1,4-5,7-9H,6H2,2H3,(H,18,20). The molecule has 0 aliphatic carbocycles. The summed E-state index contributed by atoms with van der Waals surface area (Å²) >= 11 is 0. The third kappa shape index (κ3) is 4.53. The summed E-state index contributed by atoms with van der Waals surface area (Å²) in [6.45, 7) is 1.24. The molecule has 0 aliphatic rings. The van der Waals surface area contributed by atoms with E-state index >= 15 is 0 Å². The van der Waals surface area contributed by atoms with Crippen LogP contribution in [0.4, 0.5) is 13.2 Å². The summed E-state index contributed by atoms with van der Waals surface area (Å²) in [5.41, 5.74) is -1.26. The number of alkyl halides is 3. The molecule has 1 aromatic carbocycles. The Balaban J connectivity index is 3.00. The van der Waals surface area contributed by atoms with E-state index < -0.39 is 29.5 Å². The van der Waals surface area contributed by atoms with Crippen molar-refractivity contribution < 1.29 is 27.5 Å². The van der Waals surface area contributed by atoms with Gasteiger partial charge in [0.25, 0.3) is 5.91 Å². The van der Waals surface area contributed by atoms with Crippen molar-refractivity contribution in [2.24, 2.45) is 0 Å². The zero-order valence-corrected chi connectivity index (χ0v) is 11.0. The molecule has 0 radical (unpaired) electrons. The number of ether oxygens (including phenoxy) is 1. The van der Waals surface area contributed by atoms with E-state index in [4.69, 9.17) is 11.2 Å². The molecule has 0 bridgehead atoms. The first-order valence-electron chi connectivity index (χ1n) is 5.84. The SMILES string of the molecule is C#CCNC(=O)C(C)Oc1ccc(C=O)cc1C(F)(F)F. The Morgan fingerprint density at radius 3 is 2.71 bits per heavy atom. The zero-order valence-electron chi connectivity index (χ0n) is 11.0. The normalized spacial score (nSPS) is 12.1. The summed E-state index contributed by atoms with van der Waals surface area (Å²) in [7, 11) is 0. The molecule has 1 unspecified atom stereocenters. The molecule has 4 nitrogen and oxygen atoms in total. The minimum absolute atomic E-state index is 0.0528. The van der Waals surface area contributed by atoms with Gasteiger partial charge in [0.15, 0.2) is 6.10 Å². The molecule has 1 aromatic rings. The summed E-state index contributed by atoms with van der Waals surface area (Å²) in [5, 5.41) is 2.30. The lowest BCUT2D eigenvalue weighted by molar-refractivity contribution is -0.140. The number of benzene rings is 1. The van der Waals surface area contributed by atoms with Gasteiger partial charge in [-0.05, 0) is 25.1 Å². The third-order valence-corrected chi connectivity index (χ3v) is 2.48. The zero-order chi connectivity index (χ0) is 16.0. The van der Waals surface area contributed by atoms with Crippen molar-refractivity contribution >= 4 is 12.2 Å². The van der Waals surface area contributed by atoms with E-state index in [1.165, 1.54) is 13.0 Å². The number of terminal acetylenes is 1. The average molecular weight is 299 g/mol. The Morgan fingerprint density at radius 2 is 2.19 bits per heavy atom. The van der Waals surface area contributed by atoms with Gasteiger partial charge < -0.3 is 10.1 Å². The van der Waals surface area contributed by atoms with Crippen LogP contribution in [-0.4, -0.2) is 24.8 Å². The Morgan fingerprint density at radius 1 is 1.52 bits per heavy atom. The van der Waals surface area contributed by atoms with Crippen LogP contribution >= 0.6 is 0 Å². The first-order valence-corrected chi connectivity index (χ1v) is 5.84. The molecule has 0 heterocycles. The average Bonchev–Trinajstić information content (AvgIpc) is 2.43. The van der Waals surface area contributed by atoms with Crippen LogP contribution in [0.1, 0.15) is 22.8 Å². The van der Waals surface area contributed by atoms with Crippen LogP contribution in [-0.2, 0) is 11.0 Å². The first kappa shape index (κ1) is 16.6. The van der Waals surface area contributed by atoms with Crippen LogP contribution in [0.5, 0.6) is 5.75 Å². The molecule has 0 saturated heterocycles. The largest absolute Gasteiger partial charge is 0.480 e. The molecule has 1 amide bonds. The van der Waals surface area contributed by atoms with Gasteiger partial charge >= 0.3 is 6.18 Å². The summed E-state index contributed by atoms with van der Waals surface area (Å²) in [6, 6.07) is 2.83. The van der Waals surface area contributed by atoms with Gasteiger partial charge in [0, 0.05) is 5.56 Å². The van der Waals surface area contributed by atoms with Crippen LogP contribution in [0.15, 0.2) is 18.2 Å². The third-order valence-electron chi connectivity index (χ3n) is 2.48. The highest BCUT2D eigenvalue weighted by atomic mass is 19.4. The molecule has 0 aromatic heterocycles. The Kier molecular flexibility index (Phi) is 5.36. The maximum Gasteiger partial charge on any atom is 0.419 e. The second-order valence-corrected chi connectivity index (χ2v) is 4.05. The number of aldehydes is 1. The van der Waals surface area contributed by atoms with Crippen molar-refractivity contribution in [3.8, 4) is 18.1 Å². The van der Waals surface area contributed by atoms with E-state index in [1.807, 2.05) is 0 Å². The second kappa shape index (κ2) is 6.79. The molecular weight excluding hydrogens is 287 g/mol. The van der Waals surface area contributed by atoms with Crippen molar-refractivity contribution in [2.75, 3.05) is 6.54 Å². The lowest BCUT2D eigenvalue weighted by Crippen LogP contribution is -2.36. The highest BCUT2D eigenvalue weighted by Gasteiger charge is 2.35. The Hall–Kier alpha value is -2.49. The van der Waals surface area contributed by atoms with Crippen LogP contribution in [0, 0.1) is 12.3 Å². The van der Waals surface area contributed by atoms with Gasteiger partial charge in [-0.1, -0.05) is 5.92 Å². The molecule has 7 heteroatoms. The first-order chi connectivity index (χ1) is 9.79. The Bertz CT molecular complexity index is 576. The van der Waals surface area contributed by atoms with Gasteiger partial charge in [-0.2, -0.15) is 13.2 Å². The van der Waals surface area contributed by atoms with E-state index in [0.29, 0.717) is 12.4 Å². The Labute approximate surface area is 119 Å². The fourth-order valence-corrected chi connectivity index (χ4v) is 1.47. The number of halogens is 3. The van der Waals surface area contributed by atoms with Crippen LogP contribution in [0.25, 0.3) is 0 Å². The number of carbonyl (C=O) groups excluding carboxylic acids is 2. The maximum atomic E-state index is 12.9. The number of carbonyl (C=O) groups is 2. The van der Waals surface area contributed by atoms with Gasteiger partial charge in [-0.25, -0.2) is 0 Å². The molecule has 112 valence electrons. The summed E-state index contributed by atoms with van der Waals surface area (Å²) in [4.78, 5) is 22.1. The highest BCUT2D eigenvalue weighted by molar-refractivity contribution is 5.81. The van der Waals surface area contributed by atoms with E-state index in [1.54, 1.807) is 0 Å². The summed E-state index contributed by atoms with van der Waals surface area (Å²) < 4.78 is 43.7. The van der Waals surface area contributed by atoms with Crippen molar-refractivity contribution in [1.29, 1.82) is 0 Å². The molecule has 0 spiro atoms. The molecule has 0 aliphatic heterocycles. The number of amides is 1. The molecule has 0 saturated carbocycles. The summed E-state index contributed by atoms with van der Waals surface area (Å²) in [6.07, 6.45) is -0.621. The topological polar surface area (TPSA) is 55.4 Å². The van der Waals surface area contributed by atoms with E-state index in [9.17, 15) is 22.8 Å². The van der Waals surface area contributed by atoms with E-state index in [-0.39, 0.29) is 12.1 Å². The van der Waals surface area contributed by atoms with Gasteiger partial charge in [0.2, 0.25) is 0 Å². The van der Waals surface area contributed by atoms with Gasteiger partial charge in [-0.3, -0.25) is 9.59 Å². The molecule has 1 rings (SSSR count). The number of hydrogen-bond donors (Lipinski definition) is 1. The van der Waals surface area contributed by atoms with Crippen LogP contribution in [0.3, 0.4) is 0 Å².